The highest BCUT2D eigenvalue weighted by molar-refractivity contribution is 5.71. The van der Waals surface area contributed by atoms with Crippen LogP contribution in [0.15, 0.2) is 17.4 Å². The minimum atomic E-state index is -0.896. The Morgan fingerprint density at radius 3 is 3.06 bits per heavy atom. The maximum absolute atomic E-state index is 10.9. The third-order valence-electron chi connectivity index (χ3n) is 3.08. The first-order valence-electron chi connectivity index (χ1n) is 5.59. The summed E-state index contributed by atoms with van der Waals surface area (Å²) in [5.74, 6) is 0. The average Bonchev–Trinajstić information content (AvgIpc) is 2.39. The number of carboxylic acid groups (broad SMARTS) is 1. The fourth-order valence-electron chi connectivity index (χ4n) is 2.04. The molecule has 0 aromatic carbocycles. The van der Waals surface area contributed by atoms with Crippen LogP contribution in [0.25, 0.3) is 0 Å². The molecule has 7 heteroatoms. The molecule has 0 bridgehead atoms. The van der Waals surface area contributed by atoms with Gasteiger partial charge in [-0.3, -0.25) is 5.43 Å². The molecule has 2 atom stereocenters. The van der Waals surface area contributed by atoms with Crippen LogP contribution in [0.5, 0.6) is 0 Å². The second kappa shape index (κ2) is 5.05. The summed E-state index contributed by atoms with van der Waals surface area (Å²) < 4.78 is 0. The summed E-state index contributed by atoms with van der Waals surface area (Å²) in [6.07, 6.45) is 5.19. The van der Waals surface area contributed by atoms with Crippen molar-refractivity contribution in [1.82, 2.24) is 20.8 Å². The number of rotatable bonds is 2. The van der Waals surface area contributed by atoms with E-state index in [1.807, 2.05) is 6.08 Å². The Morgan fingerprint density at radius 1 is 1.59 bits per heavy atom. The minimum absolute atomic E-state index is 0.0193. The third-order valence-corrected chi connectivity index (χ3v) is 3.08. The van der Waals surface area contributed by atoms with E-state index >= 15 is 0 Å². The van der Waals surface area contributed by atoms with E-state index in [1.54, 1.807) is 24.6 Å². The Bertz CT molecular complexity index is 344. The molecule has 2 rings (SSSR count). The molecule has 94 valence electrons. The van der Waals surface area contributed by atoms with Crippen molar-refractivity contribution >= 4 is 12.3 Å². The van der Waals surface area contributed by atoms with Crippen LogP contribution in [0.4, 0.5) is 4.79 Å². The van der Waals surface area contributed by atoms with Gasteiger partial charge in [-0.1, -0.05) is 0 Å². The lowest BCUT2D eigenvalue weighted by Gasteiger charge is -2.38. The van der Waals surface area contributed by atoms with E-state index < -0.39 is 6.09 Å². The van der Waals surface area contributed by atoms with Crippen LogP contribution < -0.4 is 10.7 Å². The van der Waals surface area contributed by atoms with Crippen LogP contribution in [0.2, 0.25) is 0 Å². The van der Waals surface area contributed by atoms with E-state index in [2.05, 4.69) is 15.8 Å². The van der Waals surface area contributed by atoms with E-state index in [0.717, 1.165) is 13.0 Å². The third kappa shape index (κ3) is 2.68. The number of allylic oxidation sites excluding steroid dienone is 1. The van der Waals surface area contributed by atoms with Gasteiger partial charge in [0.25, 0.3) is 0 Å². The number of piperidine rings is 1. The second-order valence-electron chi connectivity index (χ2n) is 4.19. The molecule has 7 nitrogen and oxygen atoms in total. The molecule has 3 N–H and O–H groups in total. The summed E-state index contributed by atoms with van der Waals surface area (Å²) in [4.78, 5) is 12.3. The highest BCUT2D eigenvalue weighted by Gasteiger charge is 2.30. The molecule has 0 aromatic rings. The first-order valence-corrected chi connectivity index (χ1v) is 5.59. The fourth-order valence-corrected chi connectivity index (χ4v) is 2.04. The second-order valence-corrected chi connectivity index (χ2v) is 4.19. The van der Waals surface area contributed by atoms with Gasteiger partial charge in [0, 0.05) is 32.4 Å². The van der Waals surface area contributed by atoms with Gasteiger partial charge in [-0.15, -0.1) is 0 Å². The van der Waals surface area contributed by atoms with Crippen molar-refractivity contribution in [3.63, 3.8) is 0 Å². The van der Waals surface area contributed by atoms with Crippen molar-refractivity contribution in [2.24, 2.45) is 5.10 Å². The molecule has 0 spiro atoms. The minimum Gasteiger partial charge on any atom is -0.465 e. The number of hydrazone groups is 1. The van der Waals surface area contributed by atoms with Gasteiger partial charge in [-0.25, -0.2) is 9.91 Å². The molecule has 0 aromatic heterocycles. The Kier molecular flexibility index (Phi) is 3.48. The van der Waals surface area contributed by atoms with Crippen molar-refractivity contribution in [3.8, 4) is 0 Å². The van der Waals surface area contributed by atoms with Gasteiger partial charge in [0.1, 0.15) is 0 Å². The summed E-state index contributed by atoms with van der Waals surface area (Å²) in [6, 6.07) is 0.130. The normalized spacial score (nSPS) is 27.7. The lowest BCUT2D eigenvalue weighted by molar-refractivity contribution is 0.0804. The molecule has 2 aliphatic heterocycles. The number of amides is 1. The molecule has 0 saturated carbocycles. The summed E-state index contributed by atoms with van der Waals surface area (Å²) in [5, 5.41) is 18.1. The molecule has 2 unspecified atom stereocenters. The van der Waals surface area contributed by atoms with Crippen LogP contribution in [-0.2, 0) is 0 Å². The van der Waals surface area contributed by atoms with Gasteiger partial charge in [0.05, 0.1) is 12.3 Å². The van der Waals surface area contributed by atoms with E-state index in [0.29, 0.717) is 6.54 Å². The van der Waals surface area contributed by atoms with E-state index in [9.17, 15) is 4.79 Å². The van der Waals surface area contributed by atoms with Gasteiger partial charge >= 0.3 is 6.09 Å². The molecule has 0 radical (unpaired) electrons. The monoisotopic (exact) mass is 239 g/mol. The number of nitrogens with one attached hydrogen (secondary N) is 2. The Morgan fingerprint density at radius 2 is 2.41 bits per heavy atom. The number of hydrogen-bond donors (Lipinski definition) is 3. The summed E-state index contributed by atoms with van der Waals surface area (Å²) >= 11 is 0. The van der Waals surface area contributed by atoms with Crippen LogP contribution >= 0.6 is 0 Å². The standard InChI is InChI=1S/C10H17N5O2/c1-14(10(16)17)8-5-9(7-11-6-8)15-12-3-2-4-13-15/h2-4,8-9,11-12H,5-7H2,1H3,(H,16,17). The lowest BCUT2D eigenvalue weighted by atomic mass is 10.0. The fraction of sp³-hybridized carbons (Fsp3) is 0.600. The predicted octanol–water partition coefficient (Wildman–Crippen LogP) is -0.354. The van der Waals surface area contributed by atoms with Crippen LogP contribution in [-0.4, -0.2) is 59.7 Å². The molecular formula is C10H17N5O2. The molecule has 1 saturated heterocycles. The van der Waals surface area contributed by atoms with E-state index in [1.165, 1.54) is 4.90 Å². The van der Waals surface area contributed by atoms with E-state index in [-0.39, 0.29) is 12.1 Å². The molecule has 2 heterocycles. The molecule has 17 heavy (non-hydrogen) atoms. The van der Waals surface area contributed by atoms with Crippen LogP contribution in [0, 0.1) is 0 Å². The first kappa shape index (κ1) is 11.7. The summed E-state index contributed by atoms with van der Waals surface area (Å²) in [7, 11) is 1.60. The zero-order chi connectivity index (χ0) is 12.3. The molecule has 1 fully saturated rings. The zero-order valence-electron chi connectivity index (χ0n) is 9.71. The van der Waals surface area contributed by atoms with Gasteiger partial charge in [-0.05, 0) is 12.5 Å². The quantitative estimate of drug-likeness (QED) is 0.613. The number of hydrogen-bond acceptors (Lipinski definition) is 5. The van der Waals surface area contributed by atoms with Crippen molar-refractivity contribution in [3.05, 3.63) is 12.3 Å². The zero-order valence-corrected chi connectivity index (χ0v) is 9.71. The number of hydrazine groups is 1. The van der Waals surface area contributed by atoms with Gasteiger partial charge in [-0.2, -0.15) is 5.10 Å². The summed E-state index contributed by atoms with van der Waals surface area (Å²) in [6.45, 7) is 1.48. The number of nitrogens with zero attached hydrogens (tertiary/aromatic N) is 3. The largest absolute Gasteiger partial charge is 0.465 e. The van der Waals surface area contributed by atoms with Crippen LogP contribution in [0.1, 0.15) is 6.42 Å². The Hall–Kier alpha value is -1.76. The van der Waals surface area contributed by atoms with E-state index in [4.69, 9.17) is 5.11 Å². The predicted molar refractivity (Wildman–Crippen MR) is 63.5 cm³/mol. The first-order chi connectivity index (χ1) is 8.18. The maximum Gasteiger partial charge on any atom is 0.407 e. The molecule has 1 amide bonds. The highest BCUT2D eigenvalue weighted by Crippen LogP contribution is 2.14. The van der Waals surface area contributed by atoms with Gasteiger partial charge < -0.3 is 15.3 Å². The van der Waals surface area contributed by atoms with Crippen molar-refractivity contribution in [1.29, 1.82) is 0 Å². The van der Waals surface area contributed by atoms with Gasteiger partial charge in [0.2, 0.25) is 0 Å². The summed E-state index contributed by atoms with van der Waals surface area (Å²) in [5.41, 5.74) is 3.03. The van der Waals surface area contributed by atoms with Crippen molar-refractivity contribution < 1.29 is 9.90 Å². The number of likely N-dealkylation sites (N-methyl/N-ethyl adjacent to an activating group) is 1. The van der Waals surface area contributed by atoms with Gasteiger partial charge in [0.15, 0.2) is 0 Å². The smallest absolute Gasteiger partial charge is 0.407 e. The molecule has 2 aliphatic rings. The SMILES string of the molecule is CN(C(=O)O)C1CNCC(N2N=CC=CN2)C1. The molecular weight excluding hydrogens is 222 g/mol. The number of carbonyl (C=O) groups is 1. The highest BCUT2D eigenvalue weighted by atomic mass is 16.4. The molecule has 0 aliphatic carbocycles. The Labute approximate surface area is 99.7 Å². The Balaban J connectivity index is 1.95. The van der Waals surface area contributed by atoms with Crippen LogP contribution in [0.3, 0.4) is 0 Å². The average molecular weight is 239 g/mol. The van der Waals surface area contributed by atoms with Crippen molar-refractivity contribution in [2.75, 3.05) is 20.1 Å². The maximum atomic E-state index is 10.9. The lowest BCUT2D eigenvalue weighted by Crippen LogP contribution is -2.57. The topological polar surface area (TPSA) is 80.2 Å². The van der Waals surface area contributed by atoms with Crippen molar-refractivity contribution in [2.45, 2.75) is 18.5 Å².